The zero-order chi connectivity index (χ0) is 11.3. The lowest BCUT2D eigenvalue weighted by molar-refractivity contribution is -0.149. The Morgan fingerprint density at radius 2 is 2.25 bits per heavy atom. The van der Waals surface area contributed by atoms with E-state index in [2.05, 4.69) is 0 Å². The molecule has 0 spiro atoms. The Hall–Kier alpha value is -0.570. The third-order valence-electron chi connectivity index (χ3n) is 4.69. The lowest BCUT2D eigenvalue weighted by Crippen LogP contribution is -2.25. The predicted molar refractivity (Wildman–Crippen MR) is 58.8 cm³/mol. The standard InChI is InChI=1S/C13H20O3/c1-3-7(2)13(14)15-6-9-4-8-5-10(9)12-11(8)16-12/h7-12H,3-6H2,1-2H3. The van der Waals surface area contributed by atoms with Crippen molar-refractivity contribution in [2.75, 3.05) is 6.61 Å². The van der Waals surface area contributed by atoms with Gasteiger partial charge in [0.05, 0.1) is 24.7 Å². The second-order valence-electron chi connectivity index (χ2n) is 5.66. The number of hydrogen-bond acceptors (Lipinski definition) is 3. The molecular formula is C13H20O3. The molecule has 90 valence electrons. The van der Waals surface area contributed by atoms with Gasteiger partial charge in [-0.15, -0.1) is 0 Å². The minimum absolute atomic E-state index is 0.0291. The molecule has 16 heavy (non-hydrogen) atoms. The van der Waals surface area contributed by atoms with Gasteiger partial charge in [-0.3, -0.25) is 4.79 Å². The summed E-state index contributed by atoms with van der Waals surface area (Å²) in [5.41, 5.74) is 0. The highest BCUT2D eigenvalue weighted by molar-refractivity contribution is 5.71. The van der Waals surface area contributed by atoms with Crippen molar-refractivity contribution >= 4 is 5.97 Å². The first-order valence-corrected chi connectivity index (χ1v) is 6.52. The first-order chi connectivity index (χ1) is 7.70. The summed E-state index contributed by atoms with van der Waals surface area (Å²) < 4.78 is 11.0. The van der Waals surface area contributed by atoms with Gasteiger partial charge >= 0.3 is 5.97 Å². The van der Waals surface area contributed by atoms with Crippen molar-refractivity contribution in [3.05, 3.63) is 0 Å². The van der Waals surface area contributed by atoms with Gasteiger partial charge in [-0.2, -0.15) is 0 Å². The number of epoxide rings is 1. The summed E-state index contributed by atoms with van der Waals surface area (Å²) in [5, 5.41) is 0. The monoisotopic (exact) mass is 224 g/mol. The molecule has 2 bridgehead atoms. The smallest absolute Gasteiger partial charge is 0.308 e. The largest absolute Gasteiger partial charge is 0.465 e. The summed E-state index contributed by atoms with van der Waals surface area (Å²) in [6.45, 7) is 4.58. The molecule has 2 saturated carbocycles. The average molecular weight is 224 g/mol. The lowest BCUT2D eigenvalue weighted by Gasteiger charge is -2.19. The van der Waals surface area contributed by atoms with Crippen LogP contribution in [-0.4, -0.2) is 24.8 Å². The van der Waals surface area contributed by atoms with Crippen molar-refractivity contribution in [1.29, 1.82) is 0 Å². The van der Waals surface area contributed by atoms with Gasteiger partial charge in [-0.05, 0) is 37.0 Å². The molecule has 0 aromatic heterocycles. The summed E-state index contributed by atoms with van der Waals surface area (Å²) in [5.74, 6) is 2.03. The van der Waals surface area contributed by atoms with E-state index in [9.17, 15) is 4.79 Å². The van der Waals surface area contributed by atoms with Crippen LogP contribution < -0.4 is 0 Å². The van der Waals surface area contributed by atoms with Gasteiger partial charge in [0, 0.05) is 0 Å². The Balaban J connectivity index is 1.48. The van der Waals surface area contributed by atoms with Crippen LogP contribution in [0.4, 0.5) is 0 Å². The molecule has 3 heteroatoms. The predicted octanol–water partition coefficient (Wildman–Crippen LogP) is 2.00. The Morgan fingerprint density at radius 1 is 1.44 bits per heavy atom. The highest BCUT2D eigenvalue weighted by Crippen LogP contribution is 2.58. The minimum Gasteiger partial charge on any atom is -0.465 e. The number of rotatable bonds is 4. The SMILES string of the molecule is CCC(C)C(=O)OCC1CC2CC1C1OC21. The summed E-state index contributed by atoms with van der Waals surface area (Å²) in [6, 6.07) is 0. The van der Waals surface area contributed by atoms with E-state index in [1.54, 1.807) is 0 Å². The molecule has 2 aliphatic carbocycles. The van der Waals surface area contributed by atoms with Crippen LogP contribution in [0.5, 0.6) is 0 Å². The average Bonchev–Trinajstić information content (AvgIpc) is 2.92. The molecule has 1 saturated heterocycles. The molecule has 6 unspecified atom stereocenters. The fourth-order valence-electron chi connectivity index (χ4n) is 3.42. The fraction of sp³-hybridized carbons (Fsp3) is 0.923. The van der Waals surface area contributed by atoms with E-state index in [0.717, 1.165) is 12.3 Å². The third kappa shape index (κ3) is 1.56. The van der Waals surface area contributed by atoms with E-state index >= 15 is 0 Å². The van der Waals surface area contributed by atoms with E-state index in [-0.39, 0.29) is 11.9 Å². The van der Waals surface area contributed by atoms with Crippen molar-refractivity contribution in [2.45, 2.75) is 45.3 Å². The van der Waals surface area contributed by atoms with Crippen LogP contribution in [0.3, 0.4) is 0 Å². The molecule has 0 aromatic carbocycles. The maximum atomic E-state index is 11.6. The highest BCUT2D eigenvalue weighted by Gasteiger charge is 2.63. The van der Waals surface area contributed by atoms with Crippen molar-refractivity contribution in [3.8, 4) is 0 Å². The highest BCUT2D eigenvalue weighted by atomic mass is 16.6. The summed E-state index contributed by atoms with van der Waals surface area (Å²) in [6.07, 6.45) is 4.47. The van der Waals surface area contributed by atoms with Crippen LogP contribution in [-0.2, 0) is 14.3 Å². The van der Waals surface area contributed by atoms with Gasteiger partial charge in [0.15, 0.2) is 0 Å². The first-order valence-electron chi connectivity index (χ1n) is 6.52. The number of ether oxygens (including phenoxy) is 2. The number of fused-ring (bicyclic) bond motifs is 5. The number of hydrogen-bond donors (Lipinski definition) is 0. The molecule has 0 radical (unpaired) electrons. The van der Waals surface area contributed by atoms with Crippen molar-refractivity contribution in [2.24, 2.45) is 23.7 Å². The van der Waals surface area contributed by atoms with Gasteiger partial charge in [0.2, 0.25) is 0 Å². The normalized spacial score (nSPS) is 45.2. The molecule has 1 aliphatic heterocycles. The molecule has 3 aliphatic rings. The van der Waals surface area contributed by atoms with E-state index < -0.39 is 0 Å². The first kappa shape index (κ1) is 10.6. The lowest BCUT2D eigenvalue weighted by atomic mass is 9.89. The Kier molecular flexibility index (Phi) is 2.46. The van der Waals surface area contributed by atoms with E-state index in [1.807, 2.05) is 13.8 Å². The van der Waals surface area contributed by atoms with Crippen LogP contribution in [0.1, 0.15) is 33.1 Å². The quantitative estimate of drug-likeness (QED) is 0.541. The number of carbonyl (C=O) groups is 1. The van der Waals surface area contributed by atoms with Gasteiger partial charge in [0.1, 0.15) is 0 Å². The van der Waals surface area contributed by atoms with Crippen LogP contribution in [0.25, 0.3) is 0 Å². The summed E-state index contributed by atoms with van der Waals surface area (Å²) >= 11 is 0. The van der Waals surface area contributed by atoms with E-state index in [1.165, 1.54) is 12.8 Å². The Morgan fingerprint density at radius 3 is 2.88 bits per heavy atom. The van der Waals surface area contributed by atoms with Gasteiger partial charge in [-0.25, -0.2) is 0 Å². The molecule has 0 N–H and O–H groups in total. The molecule has 0 aromatic rings. The molecular weight excluding hydrogens is 204 g/mol. The van der Waals surface area contributed by atoms with Gasteiger partial charge in [0.25, 0.3) is 0 Å². The molecule has 3 rings (SSSR count). The minimum atomic E-state index is -0.0291. The second-order valence-corrected chi connectivity index (χ2v) is 5.66. The van der Waals surface area contributed by atoms with Crippen LogP contribution in [0.2, 0.25) is 0 Å². The zero-order valence-electron chi connectivity index (χ0n) is 10.0. The molecule has 1 heterocycles. The maximum Gasteiger partial charge on any atom is 0.308 e. The molecule has 3 fully saturated rings. The van der Waals surface area contributed by atoms with E-state index in [0.29, 0.717) is 30.7 Å². The van der Waals surface area contributed by atoms with Crippen molar-refractivity contribution in [3.63, 3.8) is 0 Å². The molecule has 6 atom stereocenters. The van der Waals surface area contributed by atoms with Crippen LogP contribution >= 0.6 is 0 Å². The second kappa shape index (κ2) is 3.73. The Labute approximate surface area is 96.5 Å². The van der Waals surface area contributed by atoms with Gasteiger partial charge < -0.3 is 9.47 Å². The summed E-state index contributed by atoms with van der Waals surface area (Å²) in [7, 11) is 0. The molecule has 0 amide bonds. The Bertz CT molecular complexity index is 302. The zero-order valence-corrected chi connectivity index (χ0v) is 10.0. The van der Waals surface area contributed by atoms with Crippen LogP contribution in [0.15, 0.2) is 0 Å². The van der Waals surface area contributed by atoms with Gasteiger partial charge in [-0.1, -0.05) is 13.8 Å². The van der Waals surface area contributed by atoms with Crippen molar-refractivity contribution in [1.82, 2.24) is 0 Å². The van der Waals surface area contributed by atoms with Crippen molar-refractivity contribution < 1.29 is 14.3 Å². The van der Waals surface area contributed by atoms with Crippen LogP contribution in [0, 0.1) is 23.7 Å². The number of carbonyl (C=O) groups excluding carboxylic acids is 1. The summed E-state index contributed by atoms with van der Waals surface area (Å²) in [4.78, 5) is 11.6. The third-order valence-corrected chi connectivity index (χ3v) is 4.69. The molecule has 3 nitrogen and oxygen atoms in total. The topological polar surface area (TPSA) is 38.8 Å². The maximum absolute atomic E-state index is 11.6. The number of esters is 1. The van der Waals surface area contributed by atoms with E-state index in [4.69, 9.17) is 9.47 Å². The fourth-order valence-corrected chi connectivity index (χ4v) is 3.42.